The van der Waals surface area contributed by atoms with Crippen LogP contribution in [0.1, 0.15) is 55.2 Å². The van der Waals surface area contributed by atoms with Crippen LogP contribution < -0.4 is 4.74 Å². The van der Waals surface area contributed by atoms with Crippen molar-refractivity contribution in [2.75, 3.05) is 13.1 Å². The van der Waals surface area contributed by atoms with Crippen LogP contribution in [0.5, 0.6) is 11.5 Å². The monoisotopic (exact) mass is 433 g/mol. The van der Waals surface area contributed by atoms with Crippen LogP contribution in [0.15, 0.2) is 42.5 Å². The van der Waals surface area contributed by atoms with E-state index in [1.165, 1.54) is 12.8 Å². The van der Waals surface area contributed by atoms with Crippen LogP contribution in [0.2, 0.25) is 0 Å². The van der Waals surface area contributed by atoms with Gasteiger partial charge in [-0.05, 0) is 61.8 Å². The molecule has 2 aromatic carbocycles. The molecule has 2 bridgehead atoms. The second-order valence-corrected chi connectivity index (χ2v) is 10.4. The maximum absolute atomic E-state index is 12.7. The Bertz CT molecular complexity index is 1050. The molecule has 3 fully saturated rings. The molecule has 168 valence electrons. The number of benzene rings is 2. The summed E-state index contributed by atoms with van der Waals surface area (Å²) in [7, 11) is 0. The molecule has 0 unspecified atom stereocenters. The number of nitrogens with zero attached hydrogens (tertiary/aromatic N) is 1. The first-order valence-electron chi connectivity index (χ1n) is 12.0. The van der Waals surface area contributed by atoms with Gasteiger partial charge in [0.15, 0.2) is 11.5 Å². The Morgan fingerprint density at radius 1 is 1.09 bits per heavy atom. The number of carbonyl (C=O) groups is 1. The number of piperidine rings is 1. The molecule has 4 aliphatic rings. The fourth-order valence-electron chi connectivity index (χ4n) is 6.69. The van der Waals surface area contributed by atoms with E-state index >= 15 is 0 Å². The summed E-state index contributed by atoms with van der Waals surface area (Å²) >= 11 is 0. The molecule has 32 heavy (non-hydrogen) atoms. The molecule has 2 saturated carbocycles. The number of carbonyl (C=O) groups excluding carboxylic acids is 1. The van der Waals surface area contributed by atoms with Crippen LogP contribution in [-0.4, -0.2) is 45.6 Å². The maximum atomic E-state index is 12.7. The Kier molecular flexibility index (Phi) is 4.63. The lowest BCUT2D eigenvalue weighted by molar-refractivity contribution is -0.173. The largest absolute Gasteiger partial charge is 0.504 e. The topological polar surface area (TPSA) is 70.0 Å². The van der Waals surface area contributed by atoms with Crippen molar-refractivity contribution in [1.29, 1.82) is 0 Å². The van der Waals surface area contributed by atoms with E-state index in [9.17, 15) is 15.0 Å². The zero-order valence-corrected chi connectivity index (χ0v) is 18.4. The van der Waals surface area contributed by atoms with Gasteiger partial charge in [-0.25, -0.2) is 0 Å². The molecule has 5 nitrogen and oxygen atoms in total. The number of phenolic OH excluding ortho intramolecular Hbond substituents is 1. The van der Waals surface area contributed by atoms with Crippen molar-refractivity contribution in [3.8, 4) is 11.5 Å². The van der Waals surface area contributed by atoms with E-state index in [1.54, 1.807) is 0 Å². The van der Waals surface area contributed by atoms with Crippen molar-refractivity contribution in [3.05, 3.63) is 59.2 Å². The van der Waals surface area contributed by atoms with Gasteiger partial charge in [0.05, 0.1) is 5.60 Å². The lowest BCUT2D eigenvalue weighted by Gasteiger charge is -2.63. The summed E-state index contributed by atoms with van der Waals surface area (Å²) in [5.41, 5.74) is 1.13. The second kappa shape index (κ2) is 7.32. The molecule has 0 radical (unpaired) electrons. The molecule has 1 heterocycles. The zero-order valence-electron chi connectivity index (χ0n) is 18.4. The number of aliphatic hydroxyl groups is 1. The van der Waals surface area contributed by atoms with E-state index in [-0.39, 0.29) is 17.6 Å². The van der Waals surface area contributed by atoms with E-state index in [0.717, 1.165) is 35.7 Å². The van der Waals surface area contributed by atoms with Crippen LogP contribution in [0, 0.1) is 5.92 Å². The molecule has 0 spiro atoms. The fourth-order valence-corrected chi connectivity index (χ4v) is 6.69. The molecule has 3 aliphatic carbocycles. The molecule has 1 aliphatic heterocycles. The molecule has 3 atom stereocenters. The van der Waals surface area contributed by atoms with Crippen molar-refractivity contribution >= 4 is 5.78 Å². The summed E-state index contributed by atoms with van der Waals surface area (Å²) in [6.07, 6.45) is 5.18. The fraction of sp³-hybridized carbons (Fsp3) is 0.519. The minimum Gasteiger partial charge on any atom is -0.504 e. The van der Waals surface area contributed by atoms with Gasteiger partial charge >= 0.3 is 0 Å². The maximum Gasteiger partial charge on any atom is 0.161 e. The predicted molar refractivity (Wildman–Crippen MR) is 121 cm³/mol. The first-order chi connectivity index (χ1) is 15.5. The molecule has 0 aromatic heterocycles. The van der Waals surface area contributed by atoms with Crippen molar-refractivity contribution in [2.45, 2.75) is 68.6 Å². The van der Waals surface area contributed by atoms with Crippen molar-refractivity contribution in [3.63, 3.8) is 0 Å². The number of ketones is 1. The third-order valence-electron chi connectivity index (χ3n) is 8.48. The molecular formula is C27H31NO4. The third-order valence-corrected chi connectivity index (χ3v) is 8.48. The normalized spacial score (nSPS) is 31.7. The standard InChI is InChI=1S/C27H31NO4/c29-21-10-11-27(31)23-14-20-8-9-22(32-17-19-4-2-1-3-5-19)25(30)24(20)26(27,15-21)12-13-28(23)16-18-6-7-18/h1-5,8-9,18,23,30-31H,6-7,10-17H2/t23-,26-,27+/m0/s1. The van der Waals surface area contributed by atoms with E-state index in [2.05, 4.69) is 4.90 Å². The molecular weight excluding hydrogens is 402 g/mol. The van der Waals surface area contributed by atoms with Gasteiger partial charge in [0.2, 0.25) is 0 Å². The summed E-state index contributed by atoms with van der Waals surface area (Å²) in [5, 5.41) is 23.6. The molecule has 2 aromatic rings. The van der Waals surface area contributed by atoms with Gasteiger partial charge in [-0.1, -0.05) is 36.4 Å². The SMILES string of the molecule is O=C1CC[C@@]2(O)[C@@H]3Cc4ccc(OCc5ccccc5)c(O)c4[C@]2(CCN3CC2CC2)C1. The number of Topliss-reactive ketones (excluding diaryl/α,β-unsaturated/α-hetero) is 1. The first kappa shape index (κ1) is 20.3. The highest BCUT2D eigenvalue weighted by Crippen LogP contribution is 2.60. The van der Waals surface area contributed by atoms with Gasteiger partial charge in [0.25, 0.3) is 0 Å². The molecule has 6 rings (SSSR count). The number of fused-ring (bicyclic) bond motifs is 1. The quantitative estimate of drug-likeness (QED) is 0.752. The van der Waals surface area contributed by atoms with Crippen molar-refractivity contribution < 1.29 is 19.7 Å². The summed E-state index contributed by atoms with van der Waals surface area (Å²) in [6.45, 7) is 2.27. The van der Waals surface area contributed by atoms with E-state index in [1.807, 2.05) is 42.5 Å². The highest BCUT2D eigenvalue weighted by atomic mass is 16.5. The molecule has 5 heteroatoms. The Labute approximate surface area is 189 Å². The van der Waals surface area contributed by atoms with E-state index in [4.69, 9.17) is 4.74 Å². The third kappa shape index (κ3) is 3.01. The first-order valence-corrected chi connectivity index (χ1v) is 12.0. The predicted octanol–water partition coefficient (Wildman–Crippen LogP) is 3.73. The van der Waals surface area contributed by atoms with Gasteiger partial charge in [0, 0.05) is 36.4 Å². The van der Waals surface area contributed by atoms with Gasteiger partial charge in [-0.3, -0.25) is 9.69 Å². The number of phenols is 1. The lowest BCUT2D eigenvalue weighted by atomic mass is 9.49. The van der Waals surface area contributed by atoms with Gasteiger partial charge < -0.3 is 14.9 Å². The average molecular weight is 434 g/mol. The number of ether oxygens (including phenoxy) is 1. The minimum absolute atomic E-state index is 0.00735. The van der Waals surface area contributed by atoms with Crippen LogP contribution in [-0.2, 0) is 23.2 Å². The Morgan fingerprint density at radius 3 is 2.69 bits per heavy atom. The van der Waals surface area contributed by atoms with Crippen LogP contribution in [0.3, 0.4) is 0 Å². The number of rotatable bonds is 5. The Hall–Kier alpha value is -2.37. The lowest BCUT2D eigenvalue weighted by Crippen LogP contribution is -2.73. The number of likely N-dealkylation sites (tertiary alicyclic amines) is 1. The second-order valence-electron chi connectivity index (χ2n) is 10.4. The smallest absolute Gasteiger partial charge is 0.161 e. The van der Waals surface area contributed by atoms with Gasteiger partial charge in [-0.15, -0.1) is 0 Å². The summed E-state index contributed by atoms with van der Waals surface area (Å²) in [6, 6.07) is 13.8. The average Bonchev–Trinajstić information content (AvgIpc) is 3.60. The minimum atomic E-state index is -0.990. The Morgan fingerprint density at radius 2 is 1.91 bits per heavy atom. The zero-order chi connectivity index (χ0) is 21.9. The van der Waals surface area contributed by atoms with E-state index in [0.29, 0.717) is 44.5 Å². The van der Waals surface area contributed by atoms with Crippen LogP contribution >= 0.6 is 0 Å². The highest BCUT2D eigenvalue weighted by Gasteiger charge is 2.65. The van der Waals surface area contributed by atoms with Crippen molar-refractivity contribution in [1.82, 2.24) is 4.90 Å². The summed E-state index contributed by atoms with van der Waals surface area (Å²) in [4.78, 5) is 15.2. The summed E-state index contributed by atoms with van der Waals surface area (Å²) < 4.78 is 6.02. The molecule has 2 N–H and O–H groups in total. The number of hydrogen-bond acceptors (Lipinski definition) is 5. The van der Waals surface area contributed by atoms with Gasteiger partial charge in [-0.2, -0.15) is 0 Å². The van der Waals surface area contributed by atoms with Crippen LogP contribution in [0.25, 0.3) is 0 Å². The van der Waals surface area contributed by atoms with Gasteiger partial charge in [0.1, 0.15) is 12.4 Å². The van der Waals surface area contributed by atoms with Crippen LogP contribution in [0.4, 0.5) is 0 Å². The molecule has 1 saturated heterocycles. The Balaban J connectivity index is 1.40. The van der Waals surface area contributed by atoms with E-state index < -0.39 is 11.0 Å². The number of hydrogen-bond donors (Lipinski definition) is 2. The summed E-state index contributed by atoms with van der Waals surface area (Å²) in [5.74, 6) is 1.48. The highest BCUT2D eigenvalue weighted by molar-refractivity contribution is 5.83. The number of aromatic hydroxyl groups is 1. The van der Waals surface area contributed by atoms with Crippen molar-refractivity contribution in [2.24, 2.45) is 5.92 Å². The molecule has 0 amide bonds.